The summed E-state index contributed by atoms with van der Waals surface area (Å²) in [5, 5.41) is 12.7. The third kappa shape index (κ3) is 2.96. The van der Waals surface area contributed by atoms with Gasteiger partial charge < -0.3 is 15.2 Å². The van der Waals surface area contributed by atoms with Crippen molar-refractivity contribution in [3.8, 4) is 11.5 Å². The van der Waals surface area contributed by atoms with Gasteiger partial charge in [0.05, 0.1) is 17.3 Å². The van der Waals surface area contributed by atoms with Crippen molar-refractivity contribution in [2.24, 2.45) is 0 Å². The van der Waals surface area contributed by atoms with Crippen molar-refractivity contribution in [1.82, 2.24) is 0 Å². The van der Waals surface area contributed by atoms with Crippen molar-refractivity contribution in [2.75, 3.05) is 12.4 Å². The number of phenols is 1. The Morgan fingerprint density at radius 2 is 2.00 bits per heavy atom. The molecule has 4 heteroatoms. The first-order valence-electron chi connectivity index (χ1n) is 5.55. The van der Waals surface area contributed by atoms with Crippen molar-refractivity contribution < 1.29 is 9.84 Å². The van der Waals surface area contributed by atoms with E-state index in [4.69, 9.17) is 4.74 Å². The van der Waals surface area contributed by atoms with Crippen LogP contribution in [0.25, 0.3) is 0 Å². The molecule has 0 aliphatic heterocycles. The summed E-state index contributed by atoms with van der Waals surface area (Å²) in [5.74, 6) is 1.06. The molecule has 2 rings (SSSR count). The summed E-state index contributed by atoms with van der Waals surface area (Å²) in [6, 6.07) is 13.2. The van der Waals surface area contributed by atoms with Gasteiger partial charge in [0.25, 0.3) is 0 Å². The molecule has 94 valence electrons. The molecule has 0 fully saturated rings. The molecule has 0 bridgehead atoms. The van der Waals surface area contributed by atoms with Crippen LogP contribution in [0.5, 0.6) is 11.5 Å². The number of ether oxygens (including phenoxy) is 1. The van der Waals surface area contributed by atoms with Gasteiger partial charge >= 0.3 is 0 Å². The molecular weight excluding hydrogens is 294 g/mol. The second-order valence-corrected chi connectivity index (χ2v) is 4.69. The maximum atomic E-state index is 9.42. The van der Waals surface area contributed by atoms with Crippen LogP contribution in [-0.2, 0) is 6.54 Å². The van der Waals surface area contributed by atoms with Gasteiger partial charge in [0, 0.05) is 6.54 Å². The van der Waals surface area contributed by atoms with Crippen LogP contribution in [0, 0.1) is 0 Å². The van der Waals surface area contributed by atoms with Crippen LogP contribution in [0.3, 0.4) is 0 Å². The topological polar surface area (TPSA) is 41.5 Å². The van der Waals surface area contributed by atoms with Crippen molar-refractivity contribution in [3.63, 3.8) is 0 Å². The molecule has 0 atom stereocenters. The van der Waals surface area contributed by atoms with Gasteiger partial charge in [-0.05, 0) is 45.8 Å². The van der Waals surface area contributed by atoms with E-state index in [9.17, 15) is 5.11 Å². The van der Waals surface area contributed by atoms with Crippen LogP contribution >= 0.6 is 15.9 Å². The predicted molar refractivity (Wildman–Crippen MR) is 76.1 cm³/mol. The number of phenolic OH excluding ortho intramolecular Hbond substituents is 1. The summed E-state index contributed by atoms with van der Waals surface area (Å²) in [6.45, 7) is 0.666. The minimum absolute atomic E-state index is 0.246. The van der Waals surface area contributed by atoms with Gasteiger partial charge in [-0.3, -0.25) is 0 Å². The fourth-order valence-corrected chi connectivity index (χ4v) is 2.07. The van der Waals surface area contributed by atoms with Crippen LogP contribution < -0.4 is 10.1 Å². The number of hydrogen-bond acceptors (Lipinski definition) is 3. The average Bonchev–Trinajstić information content (AvgIpc) is 2.40. The zero-order chi connectivity index (χ0) is 13.0. The largest absolute Gasteiger partial charge is 0.507 e. The number of rotatable bonds is 4. The molecule has 0 heterocycles. The van der Waals surface area contributed by atoms with E-state index >= 15 is 0 Å². The molecule has 0 unspecified atom stereocenters. The van der Waals surface area contributed by atoms with E-state index in [0.29, 0.717) is 11.0 Å². The van der Waals surface area contributed by atoms with Crippen molar-refractivity contribution in [2.45, 2.75) is 6.54 Å². The van der Waals surface area contributed by atoms with Crippen molar-refractivity contribution in [3.05, 3.63) is 52.5 Å². The molecular formula is C14H14BrNO2. The average molecular weight is 308 g/mol. The van der Waals surface area contributed by atoms with Crippen molar-refractivity contribution >= 4 is 21.6 Å². The third-order valence-corrected chi connectivity index (χ3v) is 3.24. The minimum atomic E-state index is 0.246. The van der Waals surface area contributed by atoms with E-state index in [0.717, 1.165) is 17.0 Å². The van der Waals surface area contributed by atoms with Crippen LogP contribution in [0.2, 0.25) is 0 Å². The number of methoxy groups -OCH3 is 1. The van der Waals surface area contributed by atoms with Gasteiger partial charge in [0.2, 0.25) is 0 Å². The summed E-state index contributed by atoms with van der Waals surface area (Å²) in [5.41, 5.74) is 2.02. The highest BCUT2D eigenvalue weighted by molar-refractivity contribution is 9.10. The highest BCUT2D eigenvalue weighted by Crippen LogP contribution is 2.26. The Balaban J connectivity index is 2.09. The van der Waals surface area contributed by atoms with E-state index in [-0.39, 0.29) is 5.75 Å². The molecule has 0 saturated carbocycles. The first-order chi connectivity index (χ1) is 8.70. The SMILES string of the molecule is COc1ccccc1NCc1ccc(O)c(Br)c1. The summed E-state index contributed by atoms with van der Waals surface area (Å²) in [7, 11) is 1.65. The molecule has 3 nitrogen and oxygen atoms in total. The van der Waals surface area contributed by atoms with Gasteiger partial charge in [-0.15, -0.1) is 0 Å². The first kappa shape index (κ1) is 12.8. The lowest BCUT2D eigenvalue weighted by molar-refractivity contribution is 0.416. The van der Waals surface area contributed by atoms with E-state index < -0.39 is 0 Å². The summed E-state index contributed by atoms with van der Waals surface area (Å²) < 4.78 is 5.96. The molecule has 0 aliphatic carbocycles. The van der Waals surface area contributed by atoms with Crippen LogP contribution in [0.4, 0.5) is 5.69 Å². The number of para-hydroxylation sites is 2. The highest BCUT2D eigenvalue weighted by atomic mass is 79.9. The fraction of sp³-hybridized carbons (Fsp3) is 0.143. The molecule has 0 spiro atoms. The molecule has 0 amide bonds. The third-order valence-electron chi connectivity index (χ3n) is 2.60. The van der Waals surface area contributed by atoms with Gasteiger partial charge in [-0.25, -0.2) is 0 Å². The second kappa shape index (κ2) is 5.78. The summed E-state index contributed by atoms with van der Waals surface area (Å²) >= 11 is 3.30. The van der Waals surface area contributed by atoms with Crippen LogP contribution in [0.15, 0.2) is 46.9 Å². The predicted octanol–water partition coefficient (Wildman–Crippen LogP) is 3.78. The van der Waals surface area contributed by atoms with E-state index in [1.54, 1.807) is 13.2 Å². The second-order valence-electron chi connectivity index (χ2n) is 3.84. The van der Waals surface area contributed by atoms with Crippen LogP contribution in [-0.4, -0.2) is 12.2 Å². The maximum Gasteiger partial charge on any atom is 0.141 e. The Hall–Kier alpha value is -1.68. The first-order valence-corrected chi connectivity index (χ1v) is 6.34. The maximum absolute atomic E-state index is 9.42. The number of hydrogen-bond donors (Lipinski definition) is 2. The number of aromatic hydroxyl groups is 1. The standard InChI is InChI=1S/C14H14BrNO2/c1-18-14-5-3-2-4-12(14)16-9-10-6-7-13(17)11(15)8-10/h2-8,16-17H,9H2,1H3. The lowest BCUT2D eigenvalue weighted by atomic mass is 10.2. The lowest BCUT2D eigenvalue weighted by Crippen LogP contribution is -2.01. The molecule has 2 N–H and O–H groups in total. The quantitative estimate of drug-likeness (QED) is 0.903. The Bertz CT molecular complexity index is 543. The molecule has 2 aromatic carbocycles. The molecule has 0 aliphatic rings. The van der Waals surface area contributed by atoms with E-state index in [2.05, 4.69) is 21.2 Å². The minimum Gasteiger partial charge on any atom is -0.507 e. The zero-order valence-electron chi connectivity index (χ0n) is 9.98. The van der Waals surface area contributed by atoms with Gasteiger partial charge in [0.1, 0.15) is 11.5 Å². The number of benzene rings is 2. The van der Waals surface area contributed by atoms with E-state index in [1.807, 2.05) is 36.4 Å². The van der Waals surface area contributed by atoms with Gasteiger partial charge in [-0.2, -0.15) is 0 Å². The normalized spacial score (nSPS) is 10.1. The molecule has 0 aromatic heterocycles. The van der Waals surface area contributed by atoms with Crippen LogP contribution in [0.1, 0.15) is 5.56 Å². The smallest absolute Gasteiger partial charge is 0.141 e. The summed E-state index contributed by atoms with van der Waals surface area (Å²) in [4.78, 5) is 0. The van der Waals surface area contributed by atoms with Gasteiger partial charge in [0.15, 0.2) is 0 Å². The number of nitrogens with one attached hydrogen (secondary N) is 1. The van der Waals surface area contributed by atoms with Crippen molar-refractivity contribution in [1.29, 1.82) is 0 Å². The lowest BCUT2D eigenvalue weighted by Gasteiger charge is -2.11. The number of anilines is 1. The fourth-order valence-electron chi connectivity index (χ4n) is 1.65. The molecule has 0 saturated heterocycles. The molecule has 2 aromatic rings. The van der Waals surface area contributed by atoms with Gasteiger partial charge in [-0.1, -0.05) is 18.2 Å². The summed E-state index contributed by atoms with van der Waals surface area (Å²) in [6.07, 6.45) is 0. The zero-order valence-corrected chi connectivity index (χ0v) is 11.6. The Kier molecular flexibility index (Phi) is 4.10. The Labute approximate surface area is 115 Å². The molecule has 18 heavy (non-hydrogen) atoms. The monoisotopic (exact) mass is 307 g/mol. The Morgan fingerprint density at radius 3 is 2.72 bits per heavy atom. The molecule has 0 radical (unpaired) electrons. The highest BCUT2D eigenvalue weighted by Gasteiger charge is 2.02. The van der Waals surface area contributed by atoms with E-state index in [1.165, 1.54) is 0 Å². The number of halogens is 1. The Morgan fingerprint density at radius 1 is 1.22 bits per heavy atom.